The predicted octanol–water partition coefficient (Wildman–Crippen LogP) is 1.86. The summed E-state index contributed by atoms with van der Waals surface area (Å²) in [4.78, 5) is 0.207. The lowest BCUT2D eigenvalue weighted by atomic mass is 10.3. The van der Waals surface area contributed by atoms with E-state index < -0.39 is 10.0 Å². The summed E-state index contributed by atoms with van der Waals surface area (Å²) in [5, 5.41) is 3.23. The molecule has 114 valence electrons. The van der Waals surface area contributed by atoms with Gasteiger partial charge >= 0.3 is 0 Å². The van der Waals surface area contributed by atoms with Crippen LogP contribution in [0.2, 0.25) is 0 Å². The largest absolute Gasteiger partial charge is 0.495 e. The molecule has 20 heavy (non-hydrogen) atoms. The maximum absolute atomic E-state index is 12.7. The van der Waals surface area contributed by atoms with Crippen LogP contribution in [0, 0.1) is 0 Å². The Hall–Kier alpha value is -0.340. The van der Waals surface area contributed by atoms with Crippen LogP contribution >= 0.6 is 28.3 Å². The number of sulfonamides is 1. The Bertz CT molecular complexity index is 568. The summed E-state index contributed by atoms with van der Waals surface area (Å²) < 4.78 is 32.7. The fraction of sp³-hybridized carbons (Fsp3) is 0.500. The minimum Gasteiger partial charge on any atom is -0.495 e. The van der Waals surface area contributed by atoms with Crippen molar-refractivity contribution in [2.45, 2.75) is 17.9 Å². The molecular formula is C12H18BrClN2O3S. The molecule has 2 rings (SSSR count). The van der Waals surface area contributed by atoms with E-state index in [2.05, 4.69) is 21.2 Å². The first kappa shape index (κ1) is 17.7. The Labute approximate surface area is 134 Å². The number of benzene rings is 1. The van der Waals surface area contributed by atoms with E-state index in [0.29, 0.717) is 25.4 Å². The predicted molar refractivity (Wildman–Crippen MR) is 84.2 cm³/mol. The second-order valence-corrected chi connectivity index (χ2v) is 7.34. The molecule has 0 saturated carbocycles. The topological polar surface area (TPSA) is 58.6 Å². The average molecular weight is 386 g/mol. The zero-order chi connectivity index (χ0) is 14.0. The Morgan fingerprint density at radius 2 is 2.15 bits per heavy atom. The third-order valence-corrected chi connectivity index (χ3v) is 5.45. The van der Waals surface area contributed by atoms with E-state index in [-0.39, 0.29) is 23.3 Å². The summed E-state index contributed by atoms with van der Waals surface area (Å²) in [6, 6.07) is 5.16. The molecule has 0 spiro atoms. The lowest BCUT2D eigenvalue weighted by Gasteiger charge is -2.31. The van der Waals surface area contributed by atoms with Gasteiger partial charge in [0.25, 0.3) is 0 Å². The molecule has 0 aliphatic carbocycles. The Kier molecular flexibility index (Phi) is 6.27. The van der Waals surface area contributed by atoms with Gasteiger partial charge in [-0.15, -0.1) is 12.4 Å². The van der Waals surface area contributed by atoms with E-state index in [1.54, 1.807) is 18.2 Å². The molecule has 0 bridgehead atoms. The molecule has 8 heteroatoms. The molecule has 1 aliphatic heterocycles. The summed E-state index contributed by atoms with van der Waals surface area (Å²) >= 11 is 3.30. The van der Waals surface area contributed by atoms with Crippen molar-refractivity contribution >= 4 is 38.4 Å². The van der Waals surface area contributed by atoms with Crippen molar-refractivity contribution in [3.05, 3.63) is 22.7 Å². The number of ether oxygens (including phenoxy) is 1. The monoisotopic (exact) mass is 384 g/mol. The molecule has 0 unspecified atom stereocenters. The van der Waals surface area contributed by atoms with Crippen LogP contribution in [0.4, 0.5) is 0 Å². The molecule has 1 aromatic rings. The lowest BCUT2D eigenvalue weighted by molar-refractivity contribution is 0.308. The van der Waals surface area contributed by atoms with Gasteiger partial charge in [-0.3, -0.25) is 0 Å². The number of rotatable bonds is 3. The quantitative estimate of drug-likeness (QED) is 0.863. The number of hydrogen-bond donors (Lipinski definition) is 1. The van der Waals surface area contributed by atoms with Gasteiger partial charge in [-0.2, -0.15) is 4.31 Å². The van der Waals surface area contributed by atoms with Crippen molar-refractivity contribution in [1.29, 1.82) is 0 Å². The first-order valence-corrected chi connectivity index (χ1v) is 8.25. The zero-order valence-corrected chi connectivity index (χ0v) is 14.5. The molecule has 1 N–H and O–H groups in total. The van der Waals surface area contributed by atoms with Gasteiger partial charge in [0.15, 0.2) is 0 Å². The molecule has 1 fully saturated rings. The molecule has 1 heterocycles. The first-order valence-electron chi connectivity index (χ1n) is 6.02. The lowest BCUT2D eigenvalue weighted by Crippen LogP contribution is -2.51. The molecule has 1 aliphatic rings. The van der Waals surface area contributed by atoms with Gasteiger partial charge in [0.05, 0.1) is 7.11 Å². The van der Waals surface area contributed by atoms with Crippen LogP contribution in [0.1, 0.15) is 6.92 Å². The van der Waals surface area contributed by atoms with Crippen molar-refractivity contribution < 1.29 is 13.2 Å². The SMILES string of the molecule is COc1ccc(Br)cc1S(=O)(=O)N1CCN[C@@H](C)C1.Cl. The van der Waals surface area contributed by atoms with E-state index in [9.17, 15) is 8.42 Å². The molecule has 0 radical (unpaired) electrons. The van der Waals surface area contributed by atoms with Crippen molar-refractivity contribution in [2.75, 3.05) is 26.7 Å². The van der Waals surface area contributed by atoms with E-state index in [1.807, 2.05) is 6.92 Å². The van der Waals surface area contributed by atoms with Crippen molar-refractivity contribution in [1.82, 2.24) is 9.62 Å². The Morgan fingerprint density at radius 1 is 1.45 bits per heavy atom. The number of nitrogens with zero attached hydrogens (tertiary/aromatic N) is 1. The van der Waals surface area contributed by atoms with Gasteiger partial charge in [-0.1, -0.05) is 15.9 Å². The van der Waals surface area contributed by atoms with Gasteiger partial charge in [0.1, 0.15) is 10.6 Å². The van der Waals surface area contributed by atoms with Crippen LogP contribution in [0.15, 0.2) is 27.6 Å². The van der Waals surface area contributed by atoms with Gasteiger partial charge in [0.2, 0.25) is 10.0 Å². The van der Waals surface area contributed by atoms with Gasteiger partial charge in [-0.25, -0.2) is 8.42 Å². The van der Waals surface area contributed by atoms with Gasteiger partial charge in [0, 0.05) is 30.1 Å². The second kappa shape index (κ2) is 7.09. The number of piperazine rings is 1. The summed E-state index contributed by atoms with van der Waals surface area (Å²) in [7, 11) is -2.05. The van der Waals surface area contributed by atoms with Gasteiger partial charge < -0.3 is 10.1 Å². The van der Waals surface area contributed by atoms with Gasteiger partial charge in [-0.05, 0) is 25.1 Å². The van der Waals surface area contributed by atoms with Crippen LogP contribution in [-0.4, -0.2) is 45.5 Å². The summed E-state index contributed by atoms with van der Waals surface area (Å²) in [5.41, 5.74) is 0. The molecule has 5 nitrogen and oxygen atoms in total. The Balaban J connectivity index is 0.00000200. The highest BCUT2D eigenvalue weighted by Crippen LogP contribution is 2.30. The third-order valence-electron chi connectivity index (χ3n) is 3.07. The maximum atomic E-state index is 12.7. The van der Waals surface area contributed by atoms with Crippen LogP contribution in [0.5, 0.6) is 5.75 Å². The number of methoxy groups -OCH3 is 1. The first-order chi connectivity index (χ1) is 8.95. The van der Waals surface area contributed by atoms with E-state index in [4.69, 9.17) is 4.74 Å². The fourth-order valence-corrected chi connectivity index (χ4v) is 4.33. The van der Waals surface area contributed by atoms with Crippen molar-refractivity contribution in [3.8, 4) is 5.75 Å². The van der Waals surface area contributed by atoms with Crippen LogP contribution in [0.3, 0.4) is 0 Å². The highest BCUT2D eigenvalue weighted by Gasteiger charge is 2.30. The third kappa shape index (κ3) is 3.65. The van der Waals surface area contributed by atoms with Crippen LogP contribution in [-0.2, 0) is 10.0 Å². The second-order valence-electron chi connectivity index (χ2n) is 4.51. The summed E-state index contributed by atoms with van der Waals surface area (Å²) in [6.45, 7) is 3.58. The molecule has 1 saturated heterocycles. The smallest absolute Gasteiger partial charge is 0.246 e. The van der Waals surface area contributed by atoms with E-state index in [0.717, 1.165) is 4.47 Å². The molecule has 0 amide bonds. The normalized spacial score (nSPS) is 20.2. The minimum absolute atomic E-state index is 0. The molecule has 1 aromatic carbocycles. The summed E-state index contributed by atoms with van der Waals surface area (Å²) in [5.74, 6) is 0.370. The van der Waals surface area contributed by atoms with Crippen LogP contribution < -0.4 is 10.1 Å². The minimum atomic E-state index is -3.52. The average Bonchev–Trinajstić information content (AvgIpc) is 2.38. The van der Waals surface area contributed by atoms with E-state index >= 15 is 0 Å². The van der Waals surface area contributed by atoms with Crippen molar-refractivity contribution in [3.63, 3.8) is 0 Å². The zero-order valence-electron chi connectivity index (χ0n) is 11.3. The Morgan fingerprint density at radius 3 is 2.75 bits per heavy atom. The number of hydrogen-bond acceptors (Lipinski definition) is 4. The highest BCUT2D eigenvalue weighted by atomic mass is 79.9. The molecule has 0 aromatic heterocycles. The maximum Gasteiger partial charge on any atom is 0.246 e. The molecular weight excluding hydrogens is 368 g/mol. The number of halogens is 2. The molecule has 1 atom stereocenters. The van der Waals surface area contributed by atoms with Crippen LogP contribution in [0.25, 0.3) is 0 Å². The summed E-state index contributed by atoms with van der Waals surface area (Å²) in [6.07, 6.45) is 0. The van der Waals surface area contributed by atoms with Crippen molar-refractivity contribution in [2.24, 2.45) is 0 Å². The standard InChI is InChI=1S/C12H17BrN2O3S.ClH/c1-9-8-15(6-5-14-9)19(16,17)12-7-10(13)3-4-11(12)18-2;/h3-4,7,9,14H,5-6,8H2,1-2H3;1H/t9-;/m0./s1. The number of nitrogens with one attached hydrogen (secondary N) is 1. The van der Waals surface area contributed by atoms with E-state index in [1.165, 1.54) is 11.4 Å². The highest BCUT2D eigenvalue weighted by molar-refractivity contribution is 9.10. The fourth-order valence-electron chi connectivity index (χ4n) is 2.11.